The average molecular weight is 188 g/mol. The molecule has 74 valence electrons. The van der Waals surface area contributed by atoms with Crippen molar-refractivity contribution in [3.63, 3.8) is 0 Å². The minimum absolute atomic E-state index is 0.670. The molecular weight excluding hydrogens is 172 g/mol. The summed E-state index contributed by atoms with van der Waals surface area (Å²) in [5.74, 6) is 6.76. The van der Waals surface area contributed by atoms with E-state index in [1.807, 2.05) is 19.1 Å². The first-order valence-electron chi connectivity index (χ1n) is 4.83. The summed E-state index contributed by atoms with van der Waals surface area (Å²) < 4.78 is 5.57. The Morgan fingerprint density at radius 3 is 2.36 bits per heavy atom. The van der Waals surface area contributed by atoms with E-state index in [2.05, 4.69) is 31.8 Å². The maximum atomic E-state index is 5.57. The van der Waals surface area contributed by atoms with E-state index < -0.39 is 0 Å². The second-order valence-electron chi connectivity index (χ2n) is 3.35. The van der Waals surface area contributed by atoms with Gasteiger partial charge in [-0.3, -0.25) is 0 Å². The largest absolute Gasteiger partial charge is 0.493 e. The van der Waals surface area contributed by atoms with Crippen molar-refractivity contribution in [2.45, 2.75) is 27.2 Å². The first-order valence-corrected chi connectivity index (χ1v) is 4.83. The number of rotatable bonds is 3. The van der Waals surface area contributed by atoms with Crippen LogP contribution in [0.15, 0.2) is 18.2 Å². The Labute approximate surface area is 86.1 Å². The van der Waals surface area contributed by atoms with Crippen LogP contribution in [0.5, 0.6) is 5.75 Å². The van der Waals surface area contributed by atoms with Crippen LogP contribution >= 0.6 is 0 Å². The number of hydrogen-bond donors (Lipinski definition) is 0. The molecule has 0 aliphatic carbocycles. The fourth-order valence-corrected chi connectivity index (χ4v) is 1.36. The summed E-state index contributed by atoms with van der Waals surface area (Å²) in [5, 5.41) is 0. The van der Waals surface area contributed by atoms with Crippen molar-refractivity contribution < 1.29 is 4.74 Å². The highest BCUT2D eigenvalue weighted by atomic mass is 16.5. The van der Waals surface area contributed by atoms with Crippen molar-refractivity contribution in [3.05, 3.63) is 29.3 Å². The first kappa shape index (κ1) is 10.7. The number of aryl methyl sites for hydroxylation is 2. The zero-order valence-corrected chi connectivity index (χ0v) is 9.05. The molecule has 0 N–H and O–H groups in total. The van der Waals surface area contributed by atoms with Crippen LogP contribution in [0.3, 0.4) is 0 Å². The molecule has 0 aliphatic heterocycles. The van der Waals surface area contributed by atoms with E-state index >= 15 is 0 Å². The van der Waals surface area contributed by atoms with Crippen LogP contribution in [-0.4, -0.2) is 6.61 Å². The van der Waals surface area contributed by atoms with Crippen LogP contribution in [0.1, 0.15) is 24.5 Å². The van der Waals surface area contributed by atoms with Crippen LogP contribution < -0.4 is 4.74 Å². The molecule has 1 heteroatoms. The number of benzene rings is 1. The first-order chi connectivity index (χ1) is 6.72. The quantitative estimate of drug-likeness (QED) is 0.523. The fourth-order valence-electron chi connectivity index (χ4n) is 1.36. The van der Waals surface area contributed by atoms with Crippen LogP contribution in [0.4, 0.5) is 0 Å². The highest BCUT2D eigenvalue weighted by Crippen LogP contribution is 2.16. The van der Waals surface area contributed by atoms with Crippen LogP contribution in [-0.2, 0) is 0 Å². The third-order valence-electron chi connectivity index (χ3n) is 1.87. The molecule has 0 spiro atoms. The monoisotopic (exact) mass is 188 g/mol. The summed E-state index contributed by atoms with van der Waals surface area (Å²) in [7, 11) is 0. The second kappa shape index (κ2) is 5.34. The molecule has 0 radical (unpaired) electrons. The summed E-state index contributed by atoms with van der Waals surface area (Å²) in [6, 6.07) is 6.23. The zero-order valence-electron chi connectivity index (χ0n) is 9.05. The lowest BCUT2D eigenvalue weighted by Gasteiger charge is -2.06. The Hall–Kier alpha value is -1.42. The van der Waals surface area contributed by atoms with Gasteiger partial charge in [-0.15, -0.1) is 11.8 Å². The average Bonchev–Trinajstić information content (AvgIpc) is 2.11. The molecule has 0 atom stereocenters. The predicted molar refractivity (Wildman–Crippen MR) is 59.5 cm³/mol. The van der Waals surface area contributed by atoms with Gasteiger partial charge in [0, 0.05) is 6.42 Å². The second-order valence-corrected chi connectivity index (χ2v) is 3.35. The van der Waals surface area contributed by atoms with Gasteiger partial charge in [0.1, 0.15) is 5.75 Å². The highest BCUT2D eigenvalue weighted by molar-refractivity contribution is 5.32. The normalized spacial score (nSPS) is 9.07. The maximum Gasteiger partial charge on any atom is 0.119 e. The fraction of sp³-hybridized carbons (Fsp3) is 0.385. The van der Waals surface area contributed by atoms with Crippen molar-refractivity contribution >= 4 is 0 Å². The number of hydrogen-bond acceptors (Lipinski definition) is 1. The Bertz CT molecular complexity index is 335. The zero-order chi connectivity index (χ0) is 10.4. The van der Waals surface area contributed by atoms with E-state index in [0.717, 1.165) is 12.2 Å². The minimum atomic E-state index is 0.670. The minimum Gasteiger partial charge on any atom is -0.493 e. The summed E-state index contributed by atoms with van der Waals surface area (Å²) in [5.41, 5.74) is 2.48. The van der Waals surface area contributed by atoms with Crippen LogP contribution in [0, 0.1) is 25.7 Å². The van der Waals surface area contributed by atoms with E-state index in [0.29, 0.717) is 6.61 Å². The van der Waals surface area contributed by atoms with E-state index in [-0.39, 0.29) is 0 Å². The van der Waals surface area contributed by atoms with Gasteiger partial charge in [-0.1, -0.05) is 6.07 Å². The van der Waals surface area contributed by atoms with Crippen LogP contribution in [0.25, 0.3) is 0 Å². The van der Waals surface area contributed by atoms with Gasteiger partial charge in [0.25, 0.3) is 0 Å². The topological polar surface area (TPSA) is 9.23 Å². The molecule has 0 aliphatic rings. The lowest BCUT2D eigenvalue weighted by atomic mass is 10.1. The van der Waals surface area contributed by atoms with Crippen LogP contribution in [0.2, 0.25) is 0 Å². The van der Waals surface area contributed by atoms with Gasteiger partial charge >= 0.3 is 0 Å². The molecule has 1 aromatic carbocycles. The van der Waals surface area contributed by atoms with Crippen molar-refractivity contribution in [2.24, 2.45) is 0 Å². The summed E-state index contributed by atoms with van der Waals surface area (Å²) in [6.45, 7) is 6.66. The highest BCUT2D eigenvalue weighted by Gasteiger charge is 1.95. The smallest absolute Gasteiger partial charge is 0.119 e. The van der Waals surface area contributed by atoms with Gasteiger partial charge in [0.05, 0.1) is 6.61 Å². The Morgan fingerprint density at radius 1 is 1.14 bits per heavy atom. The molecule has 1 aromatic rings. The summed E-state index contributed by atoms with van der Waals surface area (Å²) in [6.07, 6.45) is 0.795. The Morgan fingerprint density at radius 2 is 1.79 bits per heavy atom. The maximum absolute atomic E-state index is 5.57. The van der Waals surface area contributed by atoms with E-state index in [9.17, 15) is 0 Å². The molecule has 0 saturated carbocycles. The van der Waals surface area contributed by atoms with Gasteiger partial charge in [0.15, 0.2) is 0 Å². The van der Waals surface area contributed by atoms with Crippen molar-refractivity contribution in [1.82, 2.24) is 0 Å². The SMILES string of the molecule is CC#CCCOc1cc(C)cc(C)c1. The Balaban J connectivity index is 2.53. The van der Waals surface area contributed by atoms with Gasteiger partial charge in [-0.05, 0) is 44.0 Å². The van der Waals surface area contributed by atoms with E-state index in [1.165, 1.54) is 11.1 Å². The van der Waals surface area contributed by atoms with E-state index in [4.69, 9.17) is 4.74 Å². The summed E-state index contributed by atoms with van der Waals surface area (Å²) >= 11 is 0. The van der Waals surface area contributed by atoms with Crippen molar-refractivity contribution in [2.75, 3.05) is 6.61 Å². The van der Waals surface area contributed by atoms with E-state index in [1.54, 1.807) is 0 Å². The Kier molecular flexibility index (Phi) is 4.07. The molecule has 1 nitrogen and oxygen atoms in total. The summed E-state index contributed by atoms with van der Waals surface area (Å²) in [4.78, 5) is 0. The molecule has 1 rings (SSSR count). The number of ether oxygens (including phenoxy) is 1. The van der Waals surface area contributed by atoms with Gasteiger partial charge in [-0.2, -0.15) is 0 Å². The standard InChI is InChI=1S/C13H16O/c1-4-5-6-7-14-13-9-11(2)8-12(3)10-13/h8-10H,6-7H2,1-3H3. The van der Waals surface area contributed by atoms with Gasteiger partial charge in [0.2, 0.25) is 0 Å². The third kappa shape index (κ3) is 3.53. The predicted octanol–water partition coefficient (Wildman–Crippen LogP) is 3.10. The molecular formula is C13H16O. The molecule has 0 unspecified atom stereocenters. The molecule has 14 heavy (non-hydrogen) atoms. The third-order valence-corrected chi connectivity index (χ3v) is 1.87. The molecule has 0 aromatic heterocycles. The molecule has 0 heterocycles. The molecule has 0 fully saturated rings. The lowest BCUT2D eigenvalue weighted by molar-refractivity contribution is 0.327. The van der Waals surface area contributed by atoms with Crippen molar-refractivity contribution in [3.8, 4) is 17.6 Å². The van der Waals surface area contributed by atoms with Crippen molar-refractivity contribution in [1.29, 1.82) is 0 Å². The molecule has 0 amide bonds. The van der Waals surface area contributed by atoms with Gasteiger partial charge in [-0.25, -0.2) is 0 Å². The lowest BCUT2D eigenvalue weighted by Crippen LogP contribution is -1.96. The molecule has 0 bridgehead atoms. The molecule has 0 saturated heterocycles. The van der Waals surface area contributed by atoms with Gasteiger partial charge < -0.3 is 4.74 Å².